The fourth-order valence-electron chi connectivity index (χ4n) is 2.28. The van der Waals surface area contributed by atoms with Crippen molar-refractivity contribution in [3.8, 4) is 0 Å². The maximum atomic E-state index is 13.3. The lowest BCUT2D eigenvalue weighted by Crippen LogP contribution is -2.14. The number of halogens is 3. The number of benzene rings is 3. The van der Waals surface area contributed by atoms with Crippen LogP contribution in [0.4, 0.5) is 20.2 Å². The fraction of sp³-hybridized carbons (Fsp3) is 0. The smallest absolute Gasteiger partial charge is 0.261 e. The van der Waals surface area contributed by atoms with Crippen molar-refractivity contribution in [1.29, 1.82) is 0 Å². The normalized spacial score (nSPS) is 11.1. The maximum absolute atomic E-state index is 13.3. The molecule has 3 rings (SSSR count). The van der Waals surface area contributed by atoms with Crippen molar-refractivity contribution in [2.45, 2.75) is 4.90 Å². The van der Waals surface area contributed by atoms with Crippen LogP contribution in [0.25, 0.3) is 0 Å². The Morgan fingerprint density at radius 2 is 1.43 bits per heavy atom. The van der Waals surface area contributed by atoms with Crippen molar-refractivity contribution < 1.29 is 22.0 Å². The van der Waals surface area contributed by atoms with Crippen LogP contribution in [-0.4, -0.2) is 14.3 Å². The minimum Gasteiger partial charge on any atom is -0.322 e. The van der Waals surface area contributed by atoms with Gasteiger partial charge in [-0.15, -0.1) is 0 Å². The van der Waals surface area contributed by atoms with E-state index in [0.717, 1.165) is 16.6 Å². The molecule has 0 aliphatic carbocycles. The number of carbonyl (C=O) groups is 1. The van der Waals surface area contributed by atoms with Crippen molar-refractivity contribution in [3.63, 3.8) is 0 Å². The molecule has 0 heterocycles. The molecular weight excluding hydrogens is 454 g/mol. The fourth-order valence-corrected chi connectivity index (χ4v) is 3.62. The number of rotatable bonds is 5. The summed E-state index contributed by atoms with van der Waals surface area (Å²) in [6, 6.07) is 15.0. The Kier molecular flexibility index (Phi) is 5.76. The minimum absolute atomic E-state index is 0.200. The summed E-state index contributed by atoms with van der Waals surface area (Å²) in [5.74, 6) is -2.71. The van der Waals surface area contributed by atoms with E-state index in [4.69, 9.17) is 0 Å². The molecule has 0 radical (unpaired) electrons. The molecular formula is C19H13BrF2N2O3S. The van der Waals surface area contributed by atoms with E-state index in [1.807, 2.05) is 0 Å². The first-order valence-corrected chi connectivity index (χ1v) is 10.2. The third-order valence-electron chi connectivity index (χ3n) is 3.70. The highest BCUT2D eigenvalue weighted by Crippen LogP contribution is 2.20. The second-order valence-corrected chi connectivity index (χ2v) is 8.32. The van der Waals surface area contributed by atoms with Gasteiger partial charge in [0.25, 0.3) is 15.9 Å². The largest absolute Gasteiger partial charge is 0.322 e. The molecule has 9 heteroatoms. The Hall–Kier alpha value is -2.78. The summed E-state index contributed by atoms with van der Waals surface area (Å²) in [5.41, 5.74) is 1.13. The third kappa shape index (κ3) is 4.73. The van der Waals surface area contributed by atoms with Crippen LogP contribution >= 0.6 is 15.9 Å². The van der Waals surface area contributed by atoms with E-state index in [1.54, 1.807) is 24.3 Å². The van der Waals surface area contributed by atoms with Crippen LogP contribution in [0.15, 0.2) is 76.1 Å². The lowest BCUT2D eigenvalue weighted by atomic mass is 10.2. The van der Waals surface area contributed by atoms with Crippen LogP contribution in [0.1, 0.15) is 10.4 Å². The highest BCUT2D eigenvalue weighted by atomic mass is 79.9. The summed E-state index contributed by atoms with van der Waals surface area (Å²) >= 11 is 3.29. The van der Waals surface area contributed by atoms with Crippen LogP contribution < -0.4 is 10.0 Å². The molecule has 1 amide bonds. The van der Waals surface area contributed by atoms with Crippen LogP contribution in [0.3, 0.4) is 0 Å². The molecule has 5 nitrogen and oxygen atoms in total. The van der Waals surface area contributed by atoms with Gasteiger partial charge in [-0.25, -0.2) is 17.2 Å². The Bertz CT molecular complexity index is 1120. The lowest BCUT2D eigenvalue weighted by molar-refractivity contribution is 0.102. The summed E-state index contributed by atoms with van der Waals surface area (Å²) < 4.78 is 53.9. The van der Waals surface area contributed by atoms with Gasteiger partial charge in [0.2, 0.25) is 0 Å². The number of amides is 1. The lowest BCUT2D eigenvalue weighted by Gasteiger charge is -2.10. The second-order valence-electron chi connectivity index (χ2n) is 5.72. The van der Waals surface area contributed by atoms with Gasteiger partial charge in [-0.1, -0.05) is 15.9 Å². The minimum atomic E-state index is -4.08. The molecule has 144 valence electrons. The summed E-state index contributed by atoms with van der Waals surface area (Å²) in [5, 5.41) is 2.69. The monoisotopic (exact) mass is 466 g/mol. The van der Waals surface area contributed by atoms with E-state index in [1.165, 1.54) is 24.3 Å². The first-order chi connectivity index (χ1) is 13.2. The summed E-state index contributed by atoms with van der Waals surface area (Å²) in [6.45, 7) is 0. The van der Waals surface area contributed by atoms with Crippen LogP contribution in [0.5, 0.6) is 0 Å². The average Bonchev–Trinajstić information content (AvgIpc) is 2.65. The van der Waals surface area contributed by atoms with E-state index in [9.17, 15) is 22.0 Å². The van der Waals surface area contributed by atoms with E-state index in [0.29, 0.717) is 17.3 Å². The molecule has 3 aromatic rings. The molecule has 0 bridgehead atoms. The van der Waals surface area contributed by atoms with E-state index in [-0.39, 0.29) is 11.6 Å². The number of nitrogens with one attached hydrogen (secondary N) is 2. The van der Waals surface area contributed by atoms with Gasteiger partial charge >= 0.3 is 0 Å². The summed E-state index contributed by atoms with van der Waals surface area (Å²) in [7, 11) is -4.08. The topological polar surface area (TPSA) is 75.3 Å². The average molecular weight is 467 g/mol. The summed E-state index contributed by atoms with van der Waals surface area (Å²) in [6.07, 6.45) is 0. The molecule has 0 aromatic heterocycles. The quantitative estimate of drug-likeness (QED) is 0.567. The molecule has 0 fully saturated rings. The van der Waals surface area contributed by atoms with Gasteiger partial charge in [-0.05, 0) is 66.7 Å². The number of anilines is 2. The SMILES string of the molecule is O=C(Nc1ccc(NS(=O)(=O)c2ccc(F)c(F)c2)cc1)c1ccc(Br)cc1. The standard InChI is InChI=1S/C19H13BrF2N2O3S/c20-13-3-1-12(2-4-13)19(25)23-14-5-7-15(8-6-14)24-28(26,27)16-9-10-17(21)18(22)11-16/h1-11,24H,(H,23,25). The highest BCUT2D eigenvalue weighted by molar-refractivity contribution is 9.10. The van der Waals surface area contributed by atoms with Gasteiger partial charge in [0.15, 0.2) is 11.6 Å². The van der Waals surface area contributed by atoms with Crippen LogP contribution in [0, 0.1) is 11.6 Å². The van der Waals surface area contributed by atoms with Crippen molar-refractivity contribution >= 4 is 43.2 Å². The molecule has 0 aliphatic rings. The number of carbonyl (C=O) groups excluding carboxylic acids is 1. The predicted octanol–water partition coefficient (Wildman–Crippen LogP) is 4.78. The Labute approximate surface area is 168 Å². The van der Waals surface area contributed by atoms with Crippen molar-refractivity contribution in [2.75, 3.05) is 10.0 Å². The van der Waals surface area contributed by atoms with Crippen LogP contribution in [0.2, 0.25) is 0 Å². The van der Waals surface area contributed by atoms with Gasteiger partial charge in [0.1, 0.15) is 0 Å². The number of sulfonamides is 1. The Balaban J connectivity index is 1.70. The van der Waals surface area contributed by atoms with Gasteiger partial charge in [0, 0.05) is 21.4 Å². The van der Waals surface area contributed by atoms with E-state index in [2.05, 4.69) is 26.0 Å². The van der Waals surface area contributed by atoms with Gasteiger partial charge in [0.05, 0.1) is 4.90 Å². The molecule has 0 saturated heterocycles. The third-order valence-corrected chi connectivity index (χ3v) is 5.61. The molecule has 0 saturated carbocycles. The zero-order valence-corrected chi connectivity index (χ0v) is 16.5. The second kappa shape index (κ2) is 8.07. The zero-order valence-electron chi connectivity index (χ0n) is 14.1. The van der Waals surface area contributed by atoms with Crippen molar-refractivity contribution in [2.24, 2.45) is 0 Å². The van der Waals surface area contributed by atoms with E-state index < -0.39 is 26.6 Å². The highest BCUT2D eigenvalue weighted by Gasteiger charge is 2.16. The zero-order chi connectivity index (χ0) is 20.3. The maximum Gasteiger partial charge on any atom is 0.261 e. The molecule has 0 aliphatic heterocycles. The van der Waals surface area contributed by atoms with Gasteiger partial charge in [-0.3, -0.25) is 9.52 Å². The number of hydrogen-bond acceptors (Lipinski definition) is 3. The van der Waals surface area contributed by atoms with Crippen molar-refractivity contribution in [1.82, 2.24) is 0 Å². The van der Waals surface area contributed by atoms with Gasteiger partial charge < -0.3 is 5.32 Å². The molecule has 3 aromatic carbocycles. The Morgan fingerprint density at radius 1 is 0.821 bits per heavy atom. The van der Waals surface area contributed by atoms with E-state index >= 15 is 0 Å². The molecule has 0 spiro atoms. The van der Waals surface area contributed by atoms with Crippen molar-refractivity contribution in [3.05, 3.63) is 88.4 Å². The van der Waals surface area contributed by atoms with Gasteiger partial charge in [-0.2, -0.15) is 0 Å². The Morgan fingerprint density at radius 3 is 2.04 bits per heavy atom. The van der Waals surface area contributed by atoms with Crippen LogP contribution in [-0.2, 0) is 10.0 Å². The molecule has 28 heavy (non-hydrogen) atoms. The summed E-state index contributed by atoms with van der Waals surface area (Å²) in [4.78, 5) is 11.8. The first-order valence-electron chi connectivity index (χ1n) is 7.89. The number of hydrogen-bond donors (Lipinski definition) is 2. The molecule has 0 atom stereocenters. The molecule has 2 N–H and O–H groups in total. The first kappa shape index (κ1) is 20.0. The predicted molar refractivity (Wildman–Crippen MR) is 106 cm³/mol. The molecule has 0 unspecified atom stereocenters.